The van der Waals surface area contributed by atoms with Crippen LogP contribution in [0.25, 0.3) is 0 Å². The maximum atomic E-state index is 13.0. The first-order valence-electron chi connectivity index (χ1n) is 12.4. The molecule has 0 bridgehead atoms. The van der Waals surface area contributed by atoms with E-state index in [-0.39, 0.29) is 46.3 Å². The zero-order chi connectivity index (χ0) is 31.8. The van der Waals surface area contributed by atoms with Crippen molar-refractivity contribution in [2.75, 3.05) is 6.54 Å². The highest BCUT2D eigenvalue weighted by atomic mass is 35.5. The van der Waals surface area contributed by atoms with Gasteiger partial charge in [-0.25, -0.2) is 4.79 Å². The Bertz CT molecular complexity index is 1370. The molecular formula is C28H26Cl4N2O8. The number of hydrogen-bond donors (Lipinski definition) is 2. The van der Waals surface area contributed by atoms with Crippen LogP contribution < -0.4 is 10.6 Å². The van der Waals surface area contributed by atoms with E-state index in [4.69, 9.17) is 51.1 Å². The SMILES string of the molecule is CC(C)(C)OC(=O)C(CCCCNC(=O)c1cc(C(=O)Cl)cc(C(=O)Cl)c1)NC(=O)c1cc(C(=O)Cl)cc(C(=O)Cl)c1. The molecule has 0 aliphatic heterocycles. The molecule has 0 aliphatic rings. The third-order valence-corrected chi connectivity index (χ3v) is 6.37. The van der Waals surface area contributed by atoms with E-state index >= 15 is 0 Å². The maximum absolute atomic E-state index is 13.0. The standard InChI is InChI=1S/C28H26Cl4N2O8/c1-28(2,3)42-27(41)20(34-26(40)19-12-16(23(31)37)9-17(13-19)24(32)38)6-4-5-7-33-25(39)18-10-14(21(29)35)8-15(11-18)22(30)36/h8-13,20H,4-7H2,1-3H3,(H,33,39)(H,34,40). The summed E-state index contributed by atoms with van der Waals surface area (Å²) < 4.78 is 5.42. The van der Waals surface area contributed by atoms with Crippen LogP contribution in [0.3, 0.4) is 0 Å². The molecule has 2 rings (SSSR count). The van der Waals surface area contributed by atoms with Gasteiger partial charge in [-0.05, 0) is 123 Å². The van der Waals surface area contributed by atoms with Crippen molar-refractivity contribution in [2.45, 2.75) is 51.7 Å². The van der Waals surface area contributed by atoms with Crippen LogP contribution in [0.5, 0.6) is 0 Å². The number of ether oxygens (including phenoxy) is 1. The molecule has 0 fully saturated rings. The van der Waals surface area contributed by atoms with Gasteiger partial charge >= 0.3 is 5.97 Å². The monoisotopic (exact) mass is 658 g/mol. The van der Waals surface area contributed by atoms with Crippen LogP contribution in [-0.2, 0) is 9.53 Å². The van der Waals surface area contributed by atoms with Crippen molar-refractivity contribution in [3.05, 3.63) is 69.8 Å². The molecule has 0 saturated carbocycles. The van der Waals surface area contributed by atoms with Gasteiger partial charge < -0.3 is 15.4 Å². The maximum Gasteiger partial charge on any atom is 0.329 e. The van der Waals surface area contributed by atoms with Crippen molar-refractivity contribution in [3.63, 3.8) is 0 Å². The molecule has 42 heavy (non-hydrogen) atoms. The summed E-state index contributed by atoms with van der Waals surface area (Å²) in [4.78, 5) is 84.8. The van der Waals surface area contributed by atoms with Crippen molar-refractivity contribution in [1.82, 2.24) is 10.6 Å². The van der Waals surface area contributed by atoms with E-state index < -0.39 is 50.4 Å². The van der Waals surface area contributed by atoms with Crippen LogP contribution >= 0.6 is 46.4 Å². The number of carbonyl (C=O) groups excluding carboxylic acids is 7. The average molecular weight is 660 g/mol. The van der Waals surface area contributed by atoms with Crippen LogP contribution in [0, 0.1) is 0 Å². The number of benzene rings is 2. The molecule has 1 atom stereocenters. The van der Waals surface area contributed by atoms with Gasteiger partial charge in [-0.15, -0.1) is 0 Å². The third-order valence-electron chi connectivity index (χ3n) is 5.50. The van der Waals surface area contributed by atoms with Crippen LogP contribution in [0.2, 0.25) is 0 Å². The zero-order valence-electron chi connectivity index (χ0n) is 22.6. The lowest BCUT2D eigenvalue weighted by atomic mass is 10.0. The normalized spacial score (nSPS) is 11.7. The summed E-state index contributed by atoms with van der Waals surface area (Å²) in [5.74, 6) is -2.10. The molecule has 2 aromatic rings. The van der Waals surface area contributed by atoms with E-state index in [0.29, 0.717) is 12.8 Å². The summed E-state index contributed by atoms with van der Waals surface area (Å²) in [7, 11) is 0. The Labute approximate surface area is 261 Å². The number of hydrogen-bond acceptors (Lipinski definition) is 8. The van der Waals surface area contributed by atoms with Gasteiger partial charge in [0.1, 0.15) is 11.6 Å². The first-order chi connectivity index (χ1) is 19.5. The quantitative estimate of drug-likeness (QED) is 0.168. The Morgan fingerprint density at radius 1 is 0.643 bits per heavy atom. The Kier molecular flexibility index (Phi) is 12.7. The largest absolute Gasteiger partial charge is 0.458 e. The fourth-order valence-corrected chi connectivity index (χ4v) is 4.05. The summed E-state index contributed by atoms with van der Waals surface area (Å²) in [5.41, 5.74) is -1.42. The molecule has 14 heteroatoms. The summed E-state index contributed by atoms with van der Waals surface area (Å²) in [5, 5.41) is 1.61. The Morgan fingerprint density at radius 2 is 1.02 bits per heavy atom. The topological polar surface area (TPSA) is 153 Å². The minimum atomic E-state index is -1.12. The molecule has 2 amide bonds. The number of rotatable bonds is 13. The van der Waals surface area contributed by atoms with Crippen LogP contribution in [0.15, 0.2) is 36.4 Å². The van der Waals surface area contributed by atoms with E-state index in [1.807, 2.05) is 0 Å². The number of halogens is 4. The number of amides is 2. The molecule has 1 unspecified atom stereocenters. The summed E-state index contributed by atoms with van der Waals surface area (Å²) in [6.45, 7) is 5.10. The van der Waals surface area contributed by atoms with Gasteiger partial charge in [0.25, 0.3) is 32.8 Å². The number of esters is 1. The van der Waals surface area contributed by atoms with Gasteiger partial charge in [0.15, 0.2) is 0 Å². The molecule has 0 aromatic heterocycles. The number of carbonyl (C=O) groups is 7. The van der Waals surface area contributed by atoms with Crippen LogP contribution in [-0.4, -0.2) is 56.9 Å². The molecular weight excluding hydrogens is 634 g/mol. The van der Waals surface area contributed by atoms with E-state index in [1.54, 1.807) is 20.8 Å². The highest BCUT2D eigenvalue weighted by Crippen LogP contribution is 2.18. The van der Waals surface area contributed by atoms with Crippen molar-refractivity contribution in [2.24, 2.45) is 0 Å². The molecule has 2 N–H and O–H groups in total. The van der Waals surface area contributed by atoms with Crippen molar-refractivity contribution in [1.29, 1.82) is 0 Å². The molecule has 0 spiro atoms. The van der Waals surface area contributed by atoms with Gasteiger partial charge in [-0.1, -0.05) is 0 Å². The fraction of sp³-hybridized carbons (Fsp3) is 0.321. The van der Waals surface area contributed by atoms with Gasteiger partial charge in [-0.3, -0.25) is 28.8 Å². The van der Waals surface area contributed by atoms with E-state index in [9.17, 15) is 33.6 Å². The average Bonchev–Trinajstić information content (AvgIpc) is 2.90. The lowest BCUT2D eigenvalue weighted by molar-refractivity contribution is -0.157. The Balaban J connectivity index is 2.11. The van der Waals surface area contributed by atoms with Crippen LogP contribution in [0.1, 0.15) is 102 Å². The van der Waals surface area contributed by atoms with Gasteiger partial charge in [0.2, 0.25) is 0 Å². The minimum absolute atomic E-state index is 0.00292. The Hall–Kier alpha value is -3.31. The predicted molar refractivity (Wildman–Crippen MR) is 157 cm³/mol. The van der Waals surface area contributed by atoms with Gasteiger partial charge in [-0.2, -0.15) is 0 Å². The van der Waals surface area contributed by atoms with Gasteiger partial charge in [0.05, 0.1) is 0 Å². The Morgan fingerprint density at radius 3 is 1.40 bits per heavy atom. The fourth-order valence-electron chi connectivity index (χ4n) is 3.61. The second-order valence-electron chi connectivity index (χ2n) is 10.0. The van der Waals surface area contributed by atoms with Crippen molar-refractivity contribution in [3.8, 4) is 0 Å². The lowest BCUT2D eigenvalue weighted by Crippen LogP contribution is -2.44. The first kappa shape index (κ1) is 34.9. The third kappa shape index (κ3) is 10.8. The molecule has 224 valence electrons. The molecule has 10 nitrogen and oxygen atoms in total. The number of nitrogens with one attached hydrogen (secondary N) is 2. The van der Waals surface area contributed by atoms with Crippen LogP contribution in [0.4, 0.5) is 0 Å². The second kappa shape index (κ2) is 15.2. The van der Waals surface area contributed by atoms with E-state index in [2.05, 4.69) is 10.6 Å². The smallest absolute Gasteiger partial charge is 0.329 e. The van der Waals surface area contributed by atoms with E-state index in [0.717, 1.165) is 18.2 Å². The van der Waals surface area contributed by atoms with Crippen molar-refractivity contribution >= 4 is 85.2 Å². The lowest BCUT2D eigenvalue weighted by Gasteiger charge is -2.24. The minimum Gasteiger partial charge on any atom is -0.458 e. The molecule has 2 aromatic carbocycles. The summed E-state index contributed by atoms with van der Waals surface area (Å²) >= 11 is 22.0. The molecule has 0 radical (unpaired) electrons. The van der Waals surface area contributed by atoms with E-state index in [1.165, 1.54) is 18.2 Å². The first-order valence-corrected chi connectivity index (χ1v) is 13.9. The van der Waals surface area contributed by atoms with Crippen molar-refractivity contribution < 1.29 is 38.3 Å². The highest BCUT2D eigenvalue weighted by Gasteiger charge is 2.27. The molecule has 0 saturated heterocycles. The zero-order valence-corrected chi connectivity index (χ0v) is 25.7. The van der Waals surface area contributed by atoms with Gasteiger partial charge in [0, 0.05) is 39.9 Å². The summed E-state index contributed by atoms with van der Waals surface area (Å²) in [6, 6.07) is 5.94. The highest BCUT2D eigenvalue weighted by molar-refractivity contribution is 6.69. The number of unbranched alkanes of at least 4 members (excludes halogenated alkanes) is 1. The second-order valence-corrected chi connectivity index (χ2v) is 11.4. The molecule has 0 heterocycles. The molecule has 0 aliphatic carbocycles. The predicted octanol–water partition coefficient (Wildman–Crippen LogP) is 5.24. The summed E-state index contributed by atoms with van der Waals surface area (Å²) in [6.07, 6.45) is 0.798.